The van der Waals surface area contributed by atoms with Gasteiger partial charge in [0.1, 0.15) is 11.9 Å². The average molecular weight is 301 g/mol. The zero-order valence-electron chi connectivity index (χ0n) is 11.9. The molecule has 1 rings (SSSR count). The molecule has 0 N–H and O–H groups in total. The van der Waals surface area contributed by atoms with Crippen LogP contribution in [0.5, 0.6) is 0 Å². The molecular weight excluding hydrogens is 280 g/mol. The number of hydrogen-bond acceptors (Lipinski definition) is 3. The fraction of sp³-hybridized carbons (Fsp3) is 0.714. The Balaban J connectivity index is 2.82. The van der Waals surface area contributed by atoms with Crippen LogP contribution in [0.1, 0.15) is 33.6 Å². The van der Waals surface area contributed by atoms with Crippen molar-refractivity contribution in [2.75, 3.05) is 12.8 Å². The van der Waals surface area contributed by atoms with Crippen LogP contribution in [-0.2, 0) is 4.79 Å². The Kier molecular flexibility index (Phi) is 5.76. The first-order valence-corrected chi connectivity index (χ1v) is 7.96. The largest absolute Gasteiger partial charge is 0.272 e. The number of nitriles is 1. The molecule has 2 unspecified atom stereocenters. The molecule has 0 aliphatic heterocycles. The Morgan fingerprint density at radius 2 is 2.37 bits per heavy atom. The molecule has 1 aliphatic rings. The molecule has 0 saturated carbocycles. The maximum atomic E-state index is 12.3. The van der Waals surface area contributed by atoms with Crippen LogP contribution < -0.4 is 0 Å². The number of alkyl halides is 1. The van der Waals surface area contributed by atoms with Crippen LogP contribution in [0.15, 0.2) is 11.6 Å². The number of carbonyl (C=O) groups is 1. The van der Waals surface area contributed by atoms with Crippen molar-refractivity contribution in [1.29, 1.82) is 5.26 Å². The quantitative estimate of drug-likeness (QED) is 0.345. The van der Waals surface area contributed by atoms with Gasteiger partial charge < -0.3 is 0 Å². The molecule has 2 atom stereocenters. The van der Waals surface area contributed by atoms with E-state index in [2.05, 4.69) is 26.8 Å². The van der Waals surface area contributed by atoms with Crippen molar-refractivity contribution in [3.05, 3.63) is 11.6 Å². The van der Waals surface area contributed by atoms with Gasteiger partial charge in [-0.15, -0.1) is 11.6 Å². The highest BCUT2D eigenvalue weighted by atomic mass is 35.5. The van der Waals surface area contributed by atoms with Crippen molar-refractivity contribution >= 4 is 29.5 Å². The Morgan fingerprint density at radius 1 is 1.74 bits per heavy atom. The lowest BCUT2D eigenvalue weighted by molar-refractivity contribution is -0.126. The van der Waals surface area contributed by atoms with E-state index in [1.165, 1.54) is 21.8 Å². The molecule has 19 heavy (non-hydrogen) atoms. The van der Waals surface area contributed by atoms with Gasteiger partial charge in [0.2, 0.25) is 0 Å². The summed E-state index contributed by atoms with van der Waals surface area (Å²) in [6.45, 7) is 6.56. The van der Waals surface area contributed by atoms with Crippen LogP contribution in [-0.4, -0.2) is 28.4 Å². The lowest BCUT2D eigenvalue weighted by Crippen LogP contribution is -2.38. The van der Waals surface area contributed by atoms with Gasteiger partial charge in [0.05, 0.1) is 6.07 Å². The summed E-state index contributed by atoms with van der Waals surface area (Å²) in [5.74, 6) is -0.117. The zero-order valence-corrected chi connectivity index (χ0v) is 13.5. The molecule has 0 fully saturated rings. The van der Waals surface area contributed by atoms with Crippen LogP contribution in [0.2, 0.25) is 0 Å². The molecule has 1 amide bonds. The van der Waals surface area contributed by atoms with Gasteiger partial charge in [-0.05, 0) is 37.1 Å². The second-order valence-electron chi connectivity index (χ2n) is 5.84. The van der Waals surface area contributed by atoms with Gasteiger partial charge in [-0.2, -0.15) is 5.26 Å². The van der Waals surface area contributed by atoms with Gasteiger partial charge in [0.25, 0.3) is 5.91 Å². The van der Waals surface area contributed by atoms with Crippen LogP contribution in [0.4, 0.5) is 0 Å². The highest BCUT2D eigenvalue weighted by Gasteiger charge is 2.35. The number of carbonyl (C=O) groups excluding carboxylic acids is 1. The summed E-state index contributed by atoms with van der Waals surface area (Å²) in [7, 11) is 0. The van der Waals surface area contributed by atoms with E-state index in [-0.39, 0.29) is 23.8 Å². The van der Waals surface area contributed by atoms with E-state index in [0.29, 0.717) is 0 Å². The van der Waals surface area contributed by atoms with Crippen molar-refractivity contribution in [3.63, 3.8) is 0 Å². The minimum absolute atomic E-state index is 0.0475. The third kappa shape index (κ3) is 4.43. The second-order valence-corrected chi connectivity index (χ2v) is 7.12. The third-order valence-electron chi connectivity index (χ3n) is 3.34. The summed E-state index contributed by atoms with van der Waals surface area (Å²) >= 11 is 7.61. The van der Waals surface area contributed by atoms with E-state index in [1.54, 1.807) is 6.26 Å². The fourth-order valence-corrected chi connectivity index (χ4v) is 3.57. The molecule has 5 heteroatoms. The van der Waals surface area contributed by atoms with Crippen molar-refractivity contribution in [3.8, 4) is 6.07 Å². The van der Waals surface area contributed by atoms with E-state index in [9.17, 15) is 4.79 Å². The van der Waals surface area contributed by atoms with Crippen molar-refractivity contribution in [2.24, 2.45) is 11.3 Å². The maximum Gasteiger partial charge on any atom is 0.252 e. The Labute approximate surface area is 125 Å². The normalized spacial score (nSPS) is 23.2. The van der Waals surface area contributed by atoms with E-state index >= 15 is 0 Å². The summed E-state index contributed by atoms with van der Waals surface area (Å²) in [6, 6.07) is 1.99. The average Bonchev–Trinajstić information content (AvgIpc) is 2.31. The molecule has 3 nitrogen and oxygen atoms in total. The fourth-order valence-electron chi connectivity index (χ4n) is 2.75. The molecule has 0 heterocycles. The number of rotatable bonds is 4. The summed E-state index contributed by atoms with van der Waals surface area (Å²) in [4.78, 5) is 12.3. The highest BCUT2D eigenvalue weighted by molar-refractivity contribution is 7.96. The molecule has 0 spiro atoms. The second kappa shape index (κ2) is 6.67. The molecule has 0 aromatic carbocycles. The van der Waals surface area contributed by atoms with E-state index in [1.807, 2.05) is 6.07 Å². The Hall–Kier alpha value is -0.660. The van der Waals surface area contributed by atoms with Gasteiger partial charge >= 0.3 is 0 Å². The van der Waals surface area contributed by atoms with Crippen LogP contribution in [0.3, 0.4) is 0 Å². The molecule has 1 aliphatic carbocycles. The van der Waals surface area contributed by atoms with Gasteiger partial charge in [-0.3, -0.25) is 9.10 Å². The minimum Gasteiger partial charge on any atom is -0.272 e. The van der Waals surface area contributed by atoms with E-state index in [4.69, 9.17) is 16.9 Å². The standard InChI is InChI=1S/C14H21ClN2OS/c1-10-7-11(9-14(2,3)8-10)12(15)13(18)17(19-4)6-5-16/h7,11-12H,6,8-9H2,1-4H3. The topological polar surface area (TPSA) is 44.1 Å². The van der Waals surface area contributed by atoms with Gasteiger partial charge in [-0.1, -0.05) is 25.5 Å². The van der Waals surface area contributed by atoms with Crippen molar-refractivity contribution in [2.45, 2.75) is 39.0 Å². The molecular formula is C14H21ClN2OS. The van der Waals surface area contributed by atoms with Gasteiger partial charge in [0, 0.05) is 12.2 Å². The minimum atomic E-state index is -0.588. The molecule has 106 valence electrons. The summed E-state index contributed by atoms with van der Waals surface area (Å²) in [6.07, 6.45) is 5.85. The van der Waals surface area contributed by atoms with Gasteiger partial charge in [0.15, 0.2) is 0 Å². The summed E-state index contributed by atoms with van der Waals surface area (Å²) < 4.78 is 1.43. The third-order valence-corrected chi connectivity index (χ3v) is 4.60. The lowest BCUT2D eigenvalue weighted by atomic mass is 9.72. The number of amides is 1. The predicted octanol–water partition coefficient (Wildman–Crippen LogP) is 3.61. The summed E-state index contributed by atoms with van der Waals surface area (Å²) in [5, 5.41) is 8.13. The van der Waals surface area contributed by atoms with Crippen LogP contribution in [0.25, 0.3) is 0 Å². The predicted molar refractivity (Wildman–Crippen MR) is 80.7 cm³/mol. The van der Waals surface area contributed by atoms with E-state index < -0.39 is 5.38 Å². The molecule has 0 aromatic rings. The van der Waals surface area contributed by atoms with Crippen LogP contribution >= 0.6 is 23.5 Å². The van der Waals surface area contributed by atoms with Crippen molar-refractivity contribution in [1.82, 2.24) is 4.31 Å². The summed E-state index contributed by atoms with van der Waals surface area (Å²) in [5.41, 5.74) is 1.46. The Morgan fingerprint density at radius 3 is 2.84 bits per heavy atom. The first-order valence-electron chi connectivity index (χ1n) is 6.34. The number of nitrogens with zero attached hydrogens (tertiary/aromatic N) is 2. The molecule has 0 bridgehead atoms. The van der Waals surface area contributed by atoms with Crippen LogP contribution in [0, 0.1) is 22.7 Å². The molecule has 0 saturated heterocycles. The highest BCUT2D eigenvalue weighted by Crippen LogP contribution is 2.40. The van der Waals surface area contributed by atoms with Gasteiger partial charge in [-0.25, -0.2) is 0 Å². The maximum absolute atomic E-state index is 12.3. The zero-order chi connectivity index (χ0) is 14.6. The Bertz CT molecular complexity index is 414. The first kappa shape index (κ1) is 16.4. The number of allylic oxidation sites excluding steroid dienone is 2. The molecule has 0 aromatic heterocycles. The first-order chi connectivity index (χ1) is 8.80. The SMILES string of the molecule is CSN(CC#N)C(=O)C(Cl)C1C=C(C)CC(C)(C)C1. The number of hydrogen-bond donors (Lipinski definition) is 0. The van der Waals surface area contributed by atoms with E-state index in [0.717, 1.165) is 12.8 Å². The number of halogens is 1. The van der Waals surface area contributed by atoms with Crippen molar-refractivity contribution < 1.29 is 4.79 Å². The monoisotopic (exact) mass is 300 g/mol. The lowest BCUT2D eigenvalue weighted by Gasteiger charge is -2.36. The molecule has 0 radical (unpaired) electrons. The smallest absolute Gasteiger partial charge is 0.252 e.